The first kappa shape index (κ1) is 19.3. The minimum absolute atomic E-state index is 0.0219. The normalized spacial score (nSPS) is 16.1. The van der Waals surface area contributed by atoms with Gasteiger partial charge in [0.05, 0.1) is 19.3 Å². The minimum Gasteiger partial charge on any atom is -0.497 e. The van der Waals surface area contributed by atoms with Crippen molar-refractivity contribution in [1.82, 2.24) is 0 Å². The average Bonchev–Trinajstić information content (AvgIpc) is 2.91. The van der Waals surface area contributed by atoms with Crippen LogP contribution < -0.4 is 9.64 Å². The van der Waals surface area contributed by atoms with Gasteiger partial charge in [-0.2, -0.15) is 0 Å². The van der Waals surface area contributed by atoms with E-state index in [2.05, 4.69) is 0 Å². The Labute approximate surface area is 174 Å². The van der Waals surface area contributed by atoms with E-state index in [1.807, 2.05) is 66.7 Å². The molecular weight excluding hydrogens is 382 g/mol. The van der Waals surface area contributed by atoms with Crippen molar-refractivity contribution in [2.24, 2.45) is 0 Å². The molecule has 4 nitrogen and oxygen atoms in total. The van der Waals surface area contributed by atoms with Crippen LogP contribution >= 0.6 is 11.8 Å². The molecule has 1 unspecified atom stereocenters. The predicted molar refractivity (Wildman–Crippen MR) is 116 cm³/mol. The molecule has 4 rings (SSSR count). The van der Waals surface area contributed by atoms with Gasteiger partial charge in [-0.3, -0.25) is 9.59 Å². The molecule has 0 saturated heterocycles. The summed E-state index contributed by atoms with van der Waals surface area (Å²) in [6.45, 7) is 0.0375. The van der Waals surface area contributed by atoms with E-state index in [-0.39, 0.29) is 23.5 Å². The van der Waals surface area contributed by atoms with E-state index in [0.717, 1.165) is 21.9 Å². The molecule has 0 saturated carbocycles. The minimum atomic E-state index is -0.0679. The molecule has 3 aromatic rings. The van der Waals surface area contributed by atoms with Crippen LogP contribution in [0.5, 0.6) is 5.75 Å². The highest BCUT2D eigenvalue weighted by Gasteiger charge is 2.30. The fourth-order valence-electron chi connectivity index (χ4n) is 3.41. The summed E-state index contributed by atoms with van der Waals surface area (Å²) in [4.78, 5) is 28.6. The summed E-state index contributed by atoms with van der Waals surface area (Å²) < 4.78 is 5.24. The van der Waals surface area contributed by atoms with Crippen molar-refractivity contribution < 1.29 is 14.3 Å². The molecule has 0 aromatic heterocycles. The molecular formula is C24H21NO3S. The lowest BCUT2D eigenvalue weighted by atomic mass is 10.1. The van der Waals surface area contributed by atoms with E-state index in [4.69, 9.17) is 4.74 Å². The van der Waals surface area contributed by atoms with Crippen LogP contribution in [0.4, 0.5) is 5.69 Å². The van der Waals surface area contributed by atoms with Crippen LogP contribution in [0.25, 0.3) is 0 Å². The van der Waals surface area contributed by atoms with Crippen molar-refractivity contribution in [3.8, 4) is 5.75 Å². The van der Waals surface area contributed by atoms with Crippen LogP contribution in [0.15, 0.2) is 83.8 Å². The Hall–Kier alpha value is -3.05. The van der Waals surface area contributed by atoms with Crippen molar-refractivity contribution in [2.45, 2.75) is 16.6 Å². The van der Waals surface area contributed by atoms with Gasteiger partial charge in [-0.15, -0.1) is 11.8 Å². The van der Waals surface area contributed by atoms with Crippen LogP contribution in [0, 0.1) is 0 Å². The van der Waals surface area contributed by atoms with Crippen molar-refractivity contribution in [3.05, 3.63) is 90.0 Å². The van der Waals surface area contributed by atoms with E-state index < -0.39 is 0 Å². The van der Waals surface area contributed by atoms with Crippen LogP contribution in [0.3, 0.4) is 0 Å². The quantitative estimate of drug-likeness (QED) is 0.553. The second kappa shape index (κ2) is 8.53. The number of carbonyl (C=O) groups excluding carboxylic acids is 2. The summed E-state index contributed by atoms with van der Waals surface area (Å²) in [5, 5.41) is -0.0219. The Balaban J connectivity index is 1.64. The number of methoxy groups -OCH3 is 1. The number of hydrogen-bond acceptors (Lipinski definition) is 4. The zero-order valence-corrected chi connectivity index (χ0v) is 16.9. The summed E-state index contributed by atoms with van der Waals surface area (Å²) in [6.07, 6.45) is 0.327. The third kappa shape index (κ3) is 4.20. The highest BCUT2D eigenvalue weighted by Crippen LogP contribution is 2.45. The SMILES string of the molecule is COc1ccc(C2CC(=O)N(CC(=O)c3ccccc3)c3ccccc3S2)cc1. The number of benzene rings is 3. The van der Waals surface area contributed by atoms with Gasteiger partial charge in [0, 0.05) is 22.1 Å². The summed E-state index contributed by atoms with van der Waals surface area (Å²) in [6, 6.07) is 24.7. The second-order valence-corrected chi connectivity index (χ2v) is 8.07. The number of carbonyl (C=O) groups is 2. The van der Waals surface area contributed by atoms with E-state index in [1.54, 1.807) is 35.9 Å². The Morgan fingerprint density at radius 3 is 2.41 bits per heavy atom. The molecule has 0 radical (unpaired) electrons. The first-order valence-corrected chi connectivity index (χ1v) is 10.3. The fraction of sp³-hybridized carbons (Fsp3) is 0.167. The number of amides is 1. The number of hydrogen-bond donors (Lipinski definition) is 0. The van der Waals surface area contributed by atoms with Crippen LogP contribution in [-0.2, 0) is 4.79 Å². The number of rotatable bonds is 5. The van der Waals surface area contributed by atoms with Crippen molar-refractivity contribution in [3.63, 3.8) is 0 Å². The molecule has 3 aromatic carbocycles. The molecule has 0 fully saturated rings. The number of ketones is 1. The first-order valence-electron chi connectivity index (χ1n) is 9.44. The third-order valence-electron chi connectivity index (χ3n) is 4.97. The zero-order valence-electron chi connectivity index (χ0n) is 16.1. The highest BCUT2D eigenvalue weighted by atomic mass is 32.2. The fourth-order valence-corrected chi connectivity index (χ4v) is 4.70. The van der Waals surface area contributed by atoms with Crippen LogP contribution in [0.2, 0.25) is 0 Å². The zero-order chi connectivity index (χ0) is 20.2. The van der Waals surface area contributed by atoms with Crippen LogP contribution in [0.1, 0.15) is 27.6 Å². The van der Waals surface area contributed by atoms with Gasteiger partial charge < -0.3 is 9.64 Å². The molecule has 0 bridgehead atoms. The summed E-state index contributed by atoms with van der Waals surface area (Å²) >= 11 is 1.66. The second-order valence-electron chi connectivity index (χ2n) is 6.82. The number of anilines is 1. The summed E-state index contributed by atoms with van der Waals surface area (Å²) in [7, 11) is 1.64. The Morgan fingerprint density at radius 2 is 1.69 bits per heavy atom. The molecule has 0 aliphatic carbocycles. The van der Waals surface area contributed by atoms with E-state index in [0.29, 0.717) is 12.0 Å². The molecule has 1 atom stereocenters. The van der Waals surface area contributed by atoms with Gasteiger partial charge in [0.25, 0.3) is 0 Å². The number of thioether (sulfide) groups is 1. The molecule has 1 aliphatic heterocycles. The van der Waals surface area contributed by atoms with Crippen LogP contribution in [-0.4, -0.2) is 25.3 Å². The van der Waals surface area contributed by atoms with E-state index >= 15 is 0 Å². The summed E-state index contributed by atoms with van der Waals surface area (Å²) in [5.41, 5.74) is 2.47. The topological polar surface area (TPSA) is 46.6 Å². The molecule has 146 valence electrons. The maximum atomic E-state index is 13.2. The summed E-state index contributed by atoms with van der Waals surface area (Å²) in [5.74, 6) is 0.670. The van der Waals surface area contributed by atoms with Gasteiger partial charge in [-0.25, -0.2) is 0 Å². The number of Topliss-reactive ketones (excluding diaryl/α,β-unsaturated/α-hetero) is 1. The van der Waals surface area contributed by atoms with Gasteiger partial charge in [-0.1, -0.05) is 54.6 Å². The predicted octanol–water partition coefficient (Wildman–Crippen LogP) is 5.15. The molecule has 1 heterocycles. The Kier molecular flexibility index (Phi) is 5.67. The largest absolute Gasteiger partial charge is 0.497 e. The van der Waals surface area contributed by atoms with E-state index in [9.17, 15) is 9.59 Å². The van der Waals surface area contributed by atoms with Gasteiger partial charge in [0.15, 0.2) is 5.78 Å². The van der Waals surface area contributed by atoms with Crippen molar-refractivity contribution in [2.75, 3.05) is 18.6 Å². The lowest BCUT2D eigenvalue weighted by Crippen LogP contribution is -2.35. The Bertz CT molecular complexity index is 1020. The third-order valence-corrected chi connectivity index (χ3v) is 6.29. The number of nitrogens with zero attached hydrogens (tertiary/aromatic N) is 1. The first-order chi connectivity index (χ1) is 14.2. The van der Waals surface area contributed by atoms with Gasteiger partial charge in [-0.05, 0) is 29.8 Å². The van der Waals surface area contributed by atoms with Gasteiger partial charge in [0.2, 0.25) is 5.91 Å². The monoisotopic (exact) mass is 403 g/mol. The molecule has 1 aliphatic rings. The lowest BCUT2D eigenvalue weighted by Gasteiger charge is -2.22. The smallest absolute Gasteiger partial charge is 0.228 e. The van der Waals surface area contributed by atoms with Crippen molar-refractivity contribution >= 4 is 29.1 Å². The highest BCUT2D eigenvalue weighted by molar-refractivity contribution is 7.99. The maximum Gasteiger partial charge on any atom is 0.228 e. The number of para-hydroxylation sites is 1. The van der Waals surface area contributed by atoms with Crippen molar-refractivity contribution in [1.29, 1.82) is 0 Å². The average molecular weight is 404 g/mol. The Morgan fingerprint density at radius 1 is 1.00 bits per heavy atom. The standard InChI is InChI=1S/C24H21NO3S/c1-28-19-13-11-18(12-14-19)23-15-24(27)25(20-9-5-6-10-22(20)29-23)16-21(26)17-7-3-2-4-8-17/h2-14,23H,15-16H2,1H3. The number of ether oxygens (including phenoxy) is 1. The molecule has 0 N–H and O–H groups in total. The molecule has 0 spiro atoms. The number of fused-ring (bicyclic) bond motifs is 1. The van der Waals surface area contributed by atoms with Gasteiger partial charge >= 0.3 is 0 Å². The maximum absolute atomic E-state index is 13.2. The van der Waals surface area contributed by atoms with Gasteiger partial charge in [0.1, 0.15) is 5.75 Å². The van der Waals surface area contributed by atoms with E-state index in [1.165, 1.54) is 0 Å². The molecule has 5 heteroatoms. The molecule has 29 heavy (non-hydrogen) atoms. The lowest BCUT2D eigenvalue weighted by molar-refractivity contribution is -0.118. The molecule has 1 amide bonds.